The van der Waals surface area contributed by atoms with Crippen LogP contribution in [0.1, 0.15) is 30.7 Å². The van der Waals surface area contributed by atoms with Crippen molar-refractivity contribution in [1.82, 2.24) is 24.6 Å². The van der Waals surface area contributed by atoms with Gasteiger partial charge in [0, 0.05) is 29.7 Å². The summed E-state index contributed by atoms with van der Waals surface area (Å²) in [5, 5.41) is 10.6. The van der Waals surface area contributed by atoms with Crippen LogP contribution in [0.5, 0.6) is 0 Å². The zero-order valence-corrected chi connectivity index (χ0v) is 18.7. The van der Waals surface area contributed by atoms with Gasteiger partial charge < -0.3 is 0 Å². The second kappa shape index (κ2) is 10.2. The maximum atomic E-state index is 6.29. The van der Waals surface area contributed by atoms with E-state index in [9.17, 15) is 0 Å². The molecule has 1 atom stereocenters. The van der Waals surface area contributed by atoms with Crippen molar-refractivity contribution in [3.63, 3.8) is 0 Å². The number of rotatable bonds is 8. The molecular formula is C23H26ClN5S. The molecule has 7 heteroatoms. The molecule has 1 aliphatic rings. The van der Waals surface area contributed by atoms with E-state index >= 15 is 0 Å². The number of hydrogen-bond donors (Lipinski definition) is 0. The van der Waals surface area contributed by atoms with Crippen LogP contribution in [0.25, 0.3) is 5.69 Å². The average molecular weight is 440 g/mol. The smallest absolute Gasteiger partial charge is 0.196 e. The van der Waals surface area contributed by atoms with Crippen molar-refractivity contribution in [3.05, 3.63) is 77.4 Å². The number of halogens is 1. The lowest BCUT2D eigenvalue weighted by molar-refractivity contribution is 0.252. The van der Waals surface area contributed by atoms with Gasteiger partial charge in [-0.05, 0) is 68.1 Å². The van der Waals surface area contributed by atoms with E-state index in [-0.39, 0.29) is 0 Å². The molecule has 0 N–H and O–H groups in total. The minimum atomic E-state index is 0.708. The van der Waals surface area contributed by atoms with Crippen molar-refractivity contribution >= 4 is 23.4 Å². The van der Waals surface area contributed by atoms with Crippen LogP contribution in [0.15, 0.2) is 66.1 Å². The van der Waals surface area contributed by atoms with E-state index in [4.69, 9.17) is 11.6 Å². The first kappa shape index (κ1) is 21.1. The van der Waals surface area contributed by atoms with Gasteiger partial charge in [-0.1, -0.05) is 41.6 Å². The molecule has 0 bridgehead atoms. The Labute approximate surface area is 187 Å². The number of pyridine rings is 1. The number of nitrogens with zero attached hydrogens (tertiary/aromatic N) is 5. The fourth-order valence-corrected chi connectivity index (χ4v) is 4.88. The van der Waals surface area contributed by atoms with Crippen molar-refractivity contribution in [1.29, 1.82) is 0 Å². The quantitative estimate of drug-likeness (QED) is 0.347. The first-order valence-corrected chi connectivity index (χ1v) is 11.6. The molecule has 0 radical (unpaired) electrons. The largest absolute Gasteiger partial charge is 0.299 e. The standard InChI is InChI=1S/C23H26ClN5S/c1-28(15-18-6-3-2-4-7-18)16-22-26-27-23(30-17-19-10-12-25-13-11-19)29(22)21-9-5-8-20(24)14-21/h2-3,5,8-14,18H,4,6-7,15-17H2,1H3/t18-/m1/s1. The molecule has 0 unspecified atom stereocenters. The monoisotopic (exact) mass is 439 g/mol. The van der Waals surface area contributed by atoms with Crippen LogP contribution in [0.4, 0.5) is 0 Å². The summed E-state index contributed by atoms with van der Waals surface area (Å²) in [5.41, 5.74) is 2.20. The Morgan fingerprint density at radius 3 is 2.80 bits per heavy atom. The van der Waals surface area contributed by atoms with Gasteiger partial charge in [0.05, 0.1) is 12.2 Å². The zero-order chi connectivity index (χ0) is 20.8. The molecule has 0 fully saturated rings. The fraction of sp³-hybridized carbons (Fsp3) is 0.348. The summed E-state index contributed by atoms with van der Waals surface area (Å²) in [6.45, 7) is 1.81. The van der Waals surface area contributed by atoms with Crippen molar-refractivity contribution in [2.45, 2.75) is 36.7 Å². The molecule has 1 aliphatic carbocycles. The molecule has 5 nitrogen and oxygen atoms in total. The molecule has 30 heavy (non-hydrogen) atoms. The lowest BCUT2D eigenvalue weighted by Gasteiger charge is -2.24. The Morgan fingerprint density at radius 1 is 1.17 bits per heavy atom. The van der Waals surface area contributed by atoms with Gasteiger partial charge in [-0.15, -0.1) is 10.2 Å². The topological polar surface area (TPSA) is 46.8 Å². The van der Waals surface area contributed by atoms with Gasteiger partial charge in [-0.2, -0.15) is 0 Å². The Bertz CT molecular complexity index is 988. The molecule has 0 amide bonds. The van der Waals surface area contributed by atoms with Crippen LogP contribution < -0.4 is 0 Å². The van der Waals surface area contributed by atoms with E-state index in [0.29, 0.717) is 10.9 Å². The summed E-state index contributed by atoms with van der Waals surface area (Å²) >= 11 is 7.96. The fourth-order valence-electron chi connectivity index (χ4n) is 3.77. The highest BCUT2D eigenvalue weighted by molar-refractivity contribution is 7.98. The van der Waals surface area contributed by atoms with Crippen molar-refractivity contribution in [2.24, 2.45) is 5.92 Å². The first-order valence-electron chi connectivity index (χ1n) is 10.2. The lowest BCUT2D eigenvalue weighted by atomic mass is 9.94. The molecule has 0 saturated heterocycles. The molecule has 1 aromatic carbocycles. The maximum Gasteiger partial charge on any atom is 0.196 e. The molecule has 0 aliphatic heterocycles. The third-order valence-electron chi connectivity index (χ3n) is 5.24. The number of hydrogen-bond acceptors (Lipinski definition) is 5. The summed E-state index contributed by atoms with van der Waals surface area (Å²) in [4.78, 5) is 6.45. The summed E-state index contributed by atoms with van der Waals surface area (Å²) in [6.07, 6.45) is 11.8. The normalized spacial score (nSPS) is 16.3. The summed E-state index contributed by atoms with van der Waals surface area (Å²) in [6, 6.07) is 11.9. The first-order chi connectivity index (χ1) is 14.7. The lowest BCUT2D eigenvalue weighted by Crippen LogP contribution is -2.27. The summed E-state index contributed by atoms with van der Waals surface area (Å²) < 4.78 is 2.13. The van der Waals surface area contributed by atoms with Crippen molar-refractivity contribution < 1.29 is 0 Å². The Balaban J connectivity index is 1.54. The molecule has 2 aromatic heterocycles. The molecule has 0 saturated carbocycles. The minimum absolute atomic E-state index is 0.708. The van der Waals surface area contributed by atoms with Gasteiger partial charge >= 0.3 is 0 Å². The van der Waals surface area contributed by atoms with Gasteiger partial charge in [0.2, 0.25) is 0 Å². The SMILES string of the molecule is CN(Cc1nnc(SCc2ccncc2)n1-c1cccc(Cl)c1)C[C@@H]1CC=CCC1. The number of benzene rings is 1. The van der Waals surface area contributed by atoms with Gasteiger partial charge in [-0.3, -0.25) is 14.5 Å². The highest BCUT2D eigenvalue weighted by Gasteiger charge is 2.18. The Hall–Kier alpha value is -2.15. The van der Waals surface area contributed by atoms with E-state index < -0.39 is 0 Å². The minimum Gasteiger partial charge on any atom is -0.299 e. The van der Waals surface area contributed by atoms with Crippen LogP contribution in [0, 0.1) is 5.92 Å². The van der Waals surface area contributed by atoms with E-state index in [2.05, 4.69) is 49.9 Å². The Kier molecular flexibility index (Phi) is 7.20. The van der Waals surface area contributed by atoms with Crippen LogP contribution in [-0.2, 0) is 12.3 Å². The third-order valence-corrected chi connectivity index (χ3v) is 6.48. The number of allylic oxidation sites excluding steroid dienone is 2. The predicted octanol–water partition coefficient (Wildman–Crippen LogP) is 5.40. The maximum absolute atomic E-state index is 6.29. The predicted molar refractivity (Wildman–Crippen MR) is 123 cm³/mol. The van der Waals surface area contributed by atoms with Gasteiger partial charge in [0.25, 0.3) is 0 Å². The average Bonchev–Trinajstić information content (AvgIpc) is 3.16. The number of thioether (sulfide) groups is 1. The van der Waals surface area contributed by atoms with Gasteiger partial charge in [0.15, 0.2) is 11.0 Å². The van der Waals surface area contributed by atoms with Gasteiger partial charge in [0.1, 0.15) is 0 Å². The highest BCUT2D eigenvalue weighted by Crippen LogP contribution is 2.27. The second-order valence-corrected chi connectivity index (χ2v) is 9.08. The Morgan fingerprint density at radius 2 is 2.03 bits per heavy atom. The number of aromatic nitrogens is 4. The molecule has 0 spiro atoms. The highest BCUT2D eigenvalue weighted by atomic mass is 35.5. The van der Waals surface area contributed by atoms with Crippen LogP contribution in [0.2, 0.25) is 5.02 Å². The van der Waals surface area contributed by atoms with E-state index in [1.54, 1.807) is 11.8 Å². The second-order valence-electron chi connectivity index (χ2n) is 7.71. The van der Waals surface area contributed by atoms with Crippen LogP contribution in [0.3, 0.4) is 0 Å². The third kappa shape index (κ3) is 5.50. The van der Waals surface area contributed by atoms with Crippen LogP contribution >= 0.6 is 23.4 Å². The molecule has 3 aromatic rings. The van der Waals surface area contributed by atoms with E-state index in [0.717, 1.165) is 35.5 Å². The van der Waals surface area contributed by atoms with Crippen molar-refractivity contribution in [2.75, 3.05) is 13.6 Å². The molecular weight excluding hydrogens is 414 g/mol. The summed E-state index contributed by atoms with van der Waals surface area (Å²) in [5.74, 6) is 2.46. The van der Waals surface area contributed by atoms with Gasteiger partial charge in [-0.25, -0.2) is 0 Å². The van der Waals surface area contributed by atoms with E-state index in [1.165, 1.54) is 24.8 Å². The molecule has 2 heterocycles. The van der Waals surface area contributed by atoms with Crippen molar-refractivity contribution in [3.8, 4) is 5.69 Å². The molecule has 4 rings (SSSR count). The molecule has 156 valence electrons. The van der Waals surface area contributed by atoms with Crippen LogP contribution in [-0.4, -0.2) is 38.2 Å². The van der Waals surface area contributed by atoms with E-state index in [1.807, 2.05) is 42.7 Å². The zero-order valence-electron chi connectivity index (χ0n) is 17.1. The summed E-state index contributed by atoms with van der Waals surface area (Å²) in [7, 11) is 2.17.